The Morgan fingerprint density at radius 3 is 1.17 bits per heavy atom. The number of carbonyl (C=O) groups is 8. The number of nitrogens with one attached hydrogen (secondary N) is 6. The Kier molecular flexibility index (Phi) is 27.7. The molecule has 506 valence electrons. The molecule has 0 unspecified atom stereocenters. The number of hydrogen-bond acceptors (Lipinski definition) is 22. The summed E-state index contributed by atoms with van der Waals surface area (Å²) in [5, 5.41) is 103. The highest BCUT2D eigenvalue weighted by Crippen LogP contribution is 2.36. The molecular weight excluding hydrogens is 1260 g/mol. The van der Waals surface area contributed by atoms with E-state index in [2.05, 4.69) is 41.9 Å². The van der Waals surface area contributed by atoms with Crippen molar-refractivity contribution in [3.8, 4) is 22.5 Å². The minimum atomic E-state index is -2.50. The summed E-state index contributed by atoms with van der Waals surface area (Å²) in [5.74, 6) is -9.74. The van der Waals surface area contributed by atoms with Crippen molar-refractivity contribution in [1.82, 2.24) is 41.9 Å². The molecule has 14 N–H and O–H groups in total. The second-order valence-electron chi connectivity index (χ2n) is 22.1. The zero-order valence-electron chi connectivity index (χ0n) is 51.4. The lowest BCUT2D eigenvalue weighted by molar-refractivity contribution is -0.310. The maximum atomic E-state index is 13.0. The number of benzene rings is 3. The molecule has 2 aromatic heterocycles. The van der Waals surface area contributed by atoms with E-state index in [0.29, 0.717) is 45.5 Å². The quantitative estimate of drug-likeness (QED) is 0.0252. The highest BCUT2D eigenvalue weighted by Gasteiger charge is 2.57. The van der Waals surface area contributed by atoms with Gasteiger partial charge < -0.3 is 91.7 Å². The number of aliphatic hydroxyl groups excluding tert-OH is 6. The van der Waals surface area contributed by atoms with Crippen LogP contribution < -0.4 is 31.9 Å². The number of aliphatic carboxylic acids is 2. The van der Waals surface area contributed by atoms with Crippen molar-refractivity contribution in [3.63, 3.8) is 0 Å². The fourth-order valence-corrected chi connectivity index (χ4v) is 11.8. The van der Waals surface area contributed by atoms with Crippen LogP contribution >= 0.6 is 23.5 Å². The van der Waals surface area contributed by atoms with Gasteiger partial charge in [-0.3, -0.25) is 38.7 Å². The predicted octanol–water partition coefficient (Wildman–Crippen LogP) is 0.724. The largest absolute Gasteiger partial charge is 0.477 e. The van der Waals surface area contributed by atoms with Crippen LogP contribution in [0.4, 0.5) is 0 Å². The number of amides is 6. The van der Waals surface area contributed by atoms with Crippen LogP contribution in [0.2, 0.25) is 0 Å². The molecule has 94 heavy (non-hydrogen) atoms. The molecule has 2 fully saturated rings. The van der Waals surface area contributed by atoms with Crippen LogP contribution in [0.3, 0.4) is 0 Å². The molecule has 0 aliphatic carbocycles. The lowest BCUT2D eigenvalue weighted by Crippen LogP contribution is -2.68. The van der Waals surface area contributed by atoms with Crippen molar-refractivity contribution in [2.24, 2.45) is 0 Å². The first-order chi connectivity index (χ1) is 45.0. The van der Waals surface area contributed by atoms with E-state index in [1.165, 1.54) is 47.8 Å². The van der Waals surface area contributed by atoms with Gasteiger partial charge in [0.1, 0.15) is 24.4 Å². The van der Waals surface area contributed by atoms with Crippen molar-refractivity contribution in [3.05, 3.63) is 144 Å². The Labute approximate surface area is 549 Å². The number of pyridine rings is 2. The summed E-state index contributed by atoms with van der Waals surface area (Å²) >= 11 is 2.84. The molecule has 2 aliphatic rings. The molecule has 3 aromatic carbocycles. The van der Waals surface area contributed by atoms with Crippen LogP contribution in [0.25, 0.3) is 22.5 Å². The standard InChI is InChI=1S/C64H78N8O20S2/c1-37(73)71-51-47(75)33-63(61(85)86,91-55(51)53(79)49(77)35-69-59(83)43-15-11-39(12-16-43)45-9-3-5-23-65-45)89-27-7-29-93-31-25-67-57(81)41-19-21-42(22-20-41)58(82)68-26-32-94-30-8-28-90-64(62(87)88)34-48(76)52(72-38(2)74)56(92-64)54(80)50(78)36-70-60(84)44-17-13-40(14-18-44)46-10-4-6-24-66-46/h3-6,9-24,47-56,75-80H,7-8,25-36H2,1-2H3,(H,67,81)(H,68,82)(H,69,83)(H,70,84)(H,71,73)(H,72,74)(H,85,86)(H,87,88)/t47-,48-,49+,50+,51+,52+,53+,54+,55+,56+,63+,64+/m0/s1. The van der Waals surface area contributed by atoms with Gasteiger partial charge in [0.2, 0.25) is 11.8 Å². The van der Waals surface area contributed by atoms with Crippen molar-refractivity contribution >= 4 is 70.9 Å². The van der Waals surface area contributed by atoms with Crippen LogP contribution in [0.1, 0.15) is 81.0 Å². The molecule has 0 bridgehead atoms. The number of aromatic nitrogens is 2. The van der Waals surface area contributed by atoms with Gasteiger partial charge in [-0.05, 0) is 97.1 Å². The molecule has 12 atom stereocenters. The van der Waals surface area contributed by atoms with E-state index in [9.17, 15) is 79.2 Å². The minimum Gasteiger partial charge on any atom is -0.477 e. The van der Waals surface area contributed by atoms with Gasteiger partial charge in [-0.15, -0.1) is 0 Å². The van der Waals surface area contributed by atoms with Crippen molar-refractivity contribution < 1.29 is 98.2 Å². The van der Waals surface area contributed by atoms with Crippen molar-refractivity contribution in [2.75, 3.05) is 62.4 Å². The van der Waals surface area contributed by atoms with E-state index in [1.54, 1.807) is 85.2 Å². The fourth-order valence-electron chi connectivity index (χ4n) is 10.3. The Morgan fingerprint density at radius 2 is 0.851 bits per heavy atom. The third-order valence-electron chi connectivity index (χ3n) is 15.2. The Morgan fingerprint density at radius 1 is 0.511 bits per heavy atom. The first-order valence-corrected chi connectivity index (χ1v) is 32.5. The number of aliphatic hydroxyl groups is 6. The number of hydrogen-bond donors (Lipinski definition) is 14. The van der Waals surface area contributed by atoms with E-state index >= 15 is 0 Å². The zero-order chi connectivity index (χ0) is 68.0. The predicted molar refractivity (Wildman–Crippen MR) is 342 cm³/mol. The molecule has 7 rings (SSSR count). The molecule has 0 saturated carbocycles. The average molecular weight is 1340 g/mol. The molecule has 0 radical (unpaired) electrons. The van der Waals surface area contributed by atoms with E-state index in [1.807, 2.05) is 12.1 Å². The van der Waals surface area contributed by atoms with E-state index in [-0.39, 0.29) is 50.3 Å². The fraction of sp³-hybridized carbons (Fsp3) is 0.438. The Balaban J connectivity index is 0.773. The van der Waals surface area contributed by atoms with Gasteiger partial charge in [0.15, 0.2) is 0 Å². The van der Waals surface area contributed by atoms with Gasteiger partial charge in [0.25, 0.3) is 35.2 Å². The monoisotopic (exact) mass is 1340 g/mol. The molecule has 2 aliphatic heterocycles. The molecule has 4 heterocycles. The first kappa shape index (κ1) is 73.4. The normalized spacial score (nSPS) is 22.3. The Bertz CT molecular complexity index is 3110. The number of ether oxygens (including phenoxy) is 4. The van der Waals surface area contributed by atoms with E-state index in [0.717, 1.165) is 25.0 Å². The molecule has 6 amide bonds. The van der Waals surface area contributed by atoms with Gasteiger partial charge in [-0.1, -0.05) is 36.4 Å². The van der Waals surface area contributed by atoms with E-state index in [4.69, 9.17) is 18.9 Å². The highest BCUT2D eigenvalue weighted by molar-refractivity contribution is 7.99. The van der Waals surface area contributed by atoms with Gasteiger partial charge in [0.05, 0.1) is 61.1 Å². The number of carboxylic acids is 2. The highest BCUT2D eigenvalue weighted by atomic mass is 32.2. The summed E-state index contributed by atoms with van der Waals surface area (Å²) < 4.78 is 23.1. The first-order valence-electron chi connectivity index (χ1n) is 30.2. The van der Waals surface area contributed by atoms with Gasteiger partial charge >= 0.3 is 11.9 Å². The topological polar surface area (TPSA) is 433 Å². The lowest BCUT2D eigenvalue weighted by Gasteiger charge is -2.46. The number of carboxylic acid groups (broad SMARTS) is 2. The SMILES string of the molecule is CC(=O)N[C@H]1[C@H]([C@H](O)[C@H](O)CNC(=O)c2ccc(-c3ccccn3)cc2)O[C@@](OCCCSCCNC(=O)c2ccc(C(=O)NCCSCCCO[C@]3(C(=O)O)C[C@H](O)[C@@H](NC(C)=O)[C@H]([C@H](O)[C@H](O)CNC(=O)c4ccc(-c5ccccn5)cc4)O3)cc2)(C(=O)O)C[C@@H]1O. The maximum Gasteiger partial charge on any atom is 0.364 e. The van der Waals surface area contributed by atoms with Crippen LogP contribution in [0.5, 0.6) is 0 Å². The summed E-state index contributed by atoms with van der Waals surface area (Å²) in [7, 11) is 0. The summed E-state index contributed by atoms with van der Waals surface area (Å²) in [6, 6.07) is 27.0. The van der Waals surface area contributed by atoms with Crippen molar-refractivity contribution in [1.29, 1.82) is 0 Å². The smallest absolute Gasteiger partial charge is 0.364 e. The summed E-state index contributed by atoms with van der Waals surface area (Å²) in [5.41, 5.74) is 3.97. The second kappa shape index (κ2) is 35.5. The second-order valence-corrected chi connectivity index (χ2v) is 24.6. The lowest BCUT2D eigenvalue weighted by atomic mass is 9.88. The summed E-state index contributed by atoms with van der Waals surface area (Å²) in [4.78, 5) is 110. The molecule has 28 nitrogen and oxygen atoms in total. The van der Waals surface area contributed by atoms with Gasteiger partial charge in [-0.25, -0.2) is 9.59 Å². The zero-order valence-corrected chi connectivity index (χ0v) is 53.0. The third-order valence-corrected chi connectivity index (χ3v) is 17.3. The van der Waals surface area contributed by atoms with Crippen LogP contribution in [0.15, 0.2) is 122 Å². The Hall–Kier alpha value is -7.98. The van der Waals surface area contributed by atoms with E-state index < -0.39 is 146 Å². The van der Waals surface area contributed by atoms with Crippen molar-refractivity contribution in [2.45, 2.75) is 112 Å². The third kappa shape index (κ3) is 20.5. The number of thioether (sulfide) groups is 2. The molecule has 0 spiro atoms. The van der Waals surface area contributed by atoms with Crippen LogP contribution in [-0.2, 0) is 38.1 Å². The van der Waals surface area contributed by atoms with Gasteiger partial charge in [0, 0.05) is 110 Å². The average Bonchev–Trinajstić information content (AvgIpc) is 0.791. The molecule has 2 saturated heterocycles. The molecule has 5 aromatic rings. The number of nitrogens with zero attached hydrogens (tertiary/aromatic N) is 2. The minimum absolute atomic E-state index is 0.189. The maximum absolute atomic E-state index is 13.0. The van der Waals surface area contributed by atoms with Crippen LogP contribution in [-0.4, -0.2) is 233 Å². The number of carbonyl (C=O) groups excluding carboxylic acids is 6. The molecule has 30 heteroatoms. The van der Waals surface area contributed by atoms with Crippen LogP contribution in [0, 0.1) is 0 Å². The number of rotatable bonds is 34. The van der Waals surface area contributed by atoms with Gasteiger partial charge in [-0.2, -0.15) is 23.5 Å². The summed E-state index contributed by atoms with van der Waals surface area (Å²) in [6.45, 7) is 1.37. The molecular formula is C64H78N8O20S2. The summed E-state index contributed by atoms with van der Waals surface area (Å²) in [6.07, 6.45) is -11.5.